The summed E-state index contributed by atoms with van der Waals surface area (Å²) in [5.74, 6) is 1.24. The van der Waals surface area contributed by atoms with Gasteiger partial charge in [0.05, 0.1) is 0 Å². The summed E-state index contributed by atoms with van der Waals surface area (Å²) in [6, 6.07) is 0. The minimum absolute atomic E-state index is 0.149. The molecule has 102 valence electrons. The lowest BCUT2D eigenvalue weighted by Crippen LogP contribution is -2.60. The summed E-state index contributed by atoms with van der Waals surface area (Å²) < 4.78 is 5.71. The van der Waals surface area contributed by atoms with Crippen molar-refractivity contribution in [1.29, 1.82) is 0 Å². The third-order valence-electron chi connectivity index (χ3n) is 5.27. The van der Waals surface area contributed by atoms with E-state index >= 15 is 0 Å². The molecule has 2 saturated heterocycles. The Kier molecular flexibility index (Phi) is 3.13. The minimum Gasteiger partial charge on any atom is -0.368 e. The van der Waals surface area contributed by atoms with E-state index in [9.17, 15) is 4.79 Å². The van der Waals surface area contributed by atoms with Gasteiger partial charge < -0.3 is 9.64 Å². The molecule has 2 aliphatic heterocycles. The molecule has 0 N–H and O–H groups in total. The number of amides is 1. The number of likely N-dealkylation sites (tertiary alicyclic amines) is 1. The molecule has 1 spiro atoms. The van der Waals surface area contributed by atoms with Crippen molar-refractivity contribution in [3.8, 4) is 0 Å². The second kappa shape index (κ2) is 4.52. The normalized spacial score (nSPS) is 34.3. The Morgan fingerprint density at radius 1 is 1.28 bits per heavy atom. The smallest absolute Gasteiger partial charge is 0.252 e. The van der Waals surface area contributed by atoms with E-state index in [1.807, 2.05) is 0 Å². The molecular formula is C15H25NO2. The van der Waals surface area contributed by atoms with Crippen molar-refractivity contribution >= 4 is 5.91 Å². The van der Waals surface area contributed by atoms with Gasteiger partial charge in [0, 0.05) is 25.1 Å². The van der Waals surface area contributed by atoms with Gasteiger partial charge in [-0.2, -0.15) is 0 Å². The highest BCUT2D eigenvalue weighted by Crippen LogP contribution is 2.46. The largest absolute Gasteiger partial charge is 0.368 e. The molecular weight excluding hydrogens is 226 g/mol. The number of hydrogen-bond donors (Lipinski definition) is 0. The number of ether oxygens (including phenoxy) is 1. The van der Waals surface area contributed by atoms with E-state index < -0.39 is 0 Å². The van der Waals surface area contributed by atoms with Crippen LogP contribution in [0.3, 0.4) is 0 Å². The van der Waals surface area contributed by atoms with Crippen LogP contribution in [0.2, 0.25) is 0 Å². The molecule has 0 unspecified atom stereocenters. The van der Waals surface area contributed by atoms with Crippen LogP contribution in [0.4, 0.5) is 0 Å². The fourth-order valence-corrected chi connectivity index (χ4v) is 4.08. The van der Waals surface area contributed by atoms with Crippen molar-refractivity contribution in [2.24, 2.45) is 17.3 Å². The molecule has 18 heavy (non-hydrogen) atoms. The molecule has 3 heteroatoms. The predicted molar refractivity (Wildman–Crippen MR) is 70.2 cm³/mol. The van der Waals surface area contributed by atoms with Gasteiger partial charge in [0.25, 0.3) is 5.91 Å². The molecule has 1 saturated carbocycles. The molecule has 0 bridgehead atoms. The van der Waals surface area contributed by atoms with E-state index in [-0.39, 0.29) is 12.0 Å². The van der Waals surface area contributed by atoms with Gasteiger partial charge >= 0.3 is 0 Å². The van der Waals surface area contributed by atoms with E-state index in [1.54, 1.807) is 0 Å². The van der Waals surface area contributed by atoms with E-state index in [4.69, 9.17) is 4.74 Å². The van der Waals surface area contributed by atoms with E-state index in [0.29, 0.717) is 17.3 Å². The molecule has 0 aromatic heterocycles. The Labute approximate surface area is 110 Å². The molecule has 0 radical (unpaired) electrons. The van der Waals surface area contributed by atoms with E-state index in [2.05, 4.69) is 18.7 Å². The third kappa shape index (κ3) is 1.97. The van der Waals surface area contributed by atoms with Gasteiger partial charge in [-0.15, -0.1) is 0 Å². The Bertz CT molecular complexity index is 325. The fourth-order valence-electron chi connectivity index (χ4n) is 4.08. The minimum atomic E-state index is -0.149. The highest BCUT2D eigenvalue weighted by Gasteiger charge is 2.49. The number of rotatable bonds is 2. The Morgan fingerprint density at radius 3 is 2.56 bits per heavy atom. The number of carbonyl (C=O) groups is 1. The van der Waals surface area contributed by atoms with Crippen molar-refractivity contribution in [1.82, 2.24) is 4.90 Å². The van der Waals surface area contributed by atoms with E-state index in [0.717, 1.165) is 26.1 Å². The van der Waals surface area contributed by atoms with Crippen LogP contribution in [0.1, 0.15) is 46.0 Å². The van der Waals surface area contributed by atoms with Crippen LogP contribution in [0.15, 0.2) is 0 Å². The maximum absolute atomic E-state index is 12.5. The molecule has 1 amide bonds. The van der Waals surface area contributed by atoms with Crippen LogP contribution in [-0.4, -0.2) is 36.6 Å². The lowest BCUT2D eigenvalue weighted by molar-refractivity contribution is -0.155. The first kappa shape index (κ1) is 12.5. The summed E-state index contributed by atoms with van der Waals surface area (Å²) in [6.07, 6.45) is 6.27. The molecule has 0 aromatic carbocycles. The van der Waals surface area contributed by atoms with Gasteiger partial charge in [-0.05, 0) is 31.1 Å². The van der Waals surface area contributed by atoms with Crippen LogP contribution < -0.4 is 0 Å². The van der Waals surface area contributed by atoms with Gasteiger partial charge in [-0.25, -0.2) is 0 Å². The van der Waals surface area contributed by atoms with Crippen LogP contribution in [-0.2, 0) is 9.53 Å². The third-order valence-corrected chi connectivity index (χ3v) is 5.27. The summed E-state index contributed by atoms with van der Waals surface area (Å²) in [6.45, 7) is 7.16. The van der Waals surface area contributed by atoms with Gasteiger partial charge in [-0.3, -0.25) is 4.79 Å². The first-order valence-corrected chi connectivity index (χ1v) is 7.52. The fraction of sp³-hybridized carbons (Fsp3) is 0.933. The maximum atomic E-state index is 12.5. The quantitative estimate of drug-likeness (QED) is 0.754. The number of nitrogens with zero attached hydrogens (tertiary/aromatic N) is 1. The molecule has 3 nitrogen and oxygen atoms in total. The topological polar surface area (TPSA) is 29.5 Å². The van der Waals surface area contributed by atoms with Crippen LogP contribution >= 0.6 is 0 Å². The Morgan fingerprint density at radius 2 is 1.94 bits per heavy atom. The average Bonchev–Trinajstić information content (AvgIpc) is 2.94. The van der Waals surface area contributed by atoms with E-state index in [1.165, 1.54) is 25.7 Å². The van der Waals surface area contributed by atoms with Gasteiger partial charge in [0.1, 0.15) is 6.10 Å². The molecule has 2 atom stereocenters. The second-order valence-corrected chi connectivity index (χ2v) is 6.89. The van der Waals surface area contributed by atoms with Gasteiger partial charge in [-0.1, -0.05) is 26.7 Å². The molecule has 0 aromatic rings. The zero-order valence-electron chi connectivity index (χ0n) is 11.7. The van der Waals surface area contributed by atoms with Crippen LogP contribution in [0, 0.1) is 17.3 Å². The summed E-state index contributed by atoms with van der Waals surface area (Å²) in [4.78, 5) is 14.5. The Balaban J connectivity index is 1.59. The molecule has 3 rings (SSSR count). The summed E-state index contributed by atoms with van der Waals surface area (Å²) in [7, 11) is 0. The monoisotopic (exact) mass is 251 g/mol. The van der Waals surface area contributed by atoms with Crippen LogP contribution in [0.25, 0.3) is 0 Å². The number of carbonyl (C=O) groups excluding carboxylic acids is 1. The zero-order valence-corrected chi connectivity index (χ0v) is 11.7. The highest BCUT2D eigenvalue weighted by atomic mass is 16.5. The van der Waals surface area contributed by atoms with Crippen LogP contribution in [0.5, 0.6) is 0 Å². The summed E-state index contributed by atoms with van der Waals surface area (Å²) in [5, 5.41) is 0. The first-order valence-electron chi connectivity index (χ1n) is 7.52. The predicted octanol–water partition coefficient (Wildman–Crippen LogP) is 2.45. The summed E-state index contributed by atoms with van der Waals surface area (Å²) in [5.41, 5.74) is 0.502. The van der Waals surface area contributed by atoms with Gasteiger partial charge in [0.2, 0.25) is 0 Å². The van der Waals surface area contributed by atoms with Crippen molar-refractivity contribution in [3.05, 3.63) is 0 Å². The molecule has 1 aliphatic carbocycles. The Hall–Kier alpha value is -0.570. The van der Waals surface area contributed by atoms with Crippen molar-refractivity contribution in [2.45, 2.75) is 52.1 Å². The lowest BCUT2D eigenvalue weighted by atomic mass is 9.77. The summed E-state index contributed by atoms with van der Waals surface area (Å²) >= 11 is 0. The molecule has 3 aliphatic rings. The number of hydrogen-bond acceptors (Lipinski definition) is 2. The van der Waals surface area contributed by atoms with Crippen molar-refractivity contribution in [3.63, 3.8) is 0 Å². The van der Waals surface area contributed by atoms with Crippen molar-refractivity contribution in [2.75, 3.05) is 19.7 Å². The molecule has 3 fully saturated rings. The van der Waals surface area contributed by atoms with Crippen molar-refractivity contribution < 1.29 is 9.53 Å². The standard InChI is InChI=1S/C15H25NO2/c1-11(2)12-5-8-18-13(12)14(17)16-9-15(10-16)6-3-4-7-15/h11-13H,3-10H2,1-2H3/t12-,13-/m1/s1. The zero-order chi connectivity index (χ0) is 12.8. The highest BCUT2D eigenvalue weighted by molar-refractivity contribution is 5.82. The average molecular weight is 251 g/mol. The second-order valence-electron chi connectivity index (χ2n) is 6.89. The first-order chi connectivity index (χ1) is 8.61. The SMILES string of the molecule is CC(C)[C@H]1CCO[C@H]1C(=O)N1CC2(CCCC2)C1. The lowest BCUT2D eigenvalue weighted by Gasteiger charge is -2.49. The maximum Gasteiger partial charge on any atom is 0.252 e. The van der Waals surface area contributed by atoms with Gasteiger partial charge in [0.15, 0.2) is 0 Å². The molecule has 2 heterocycles.